The average molecular weight is 427 g/mol. The maximum Gasteiger partial charge on any atom is 0.248 e. The van der Waals surface area contributed by atoms with Gasteiger partial charge in [-0.25, -0.2) is 0 Å². The van der Waals surface area contributed by atoms with Gasteiger partial charge in [-0.15, -0.1) is 0 Å². The number of primary amides is 1. The number of ether oxygens (including phenoxy) is 2. The Hall–Kier alpha value is -3.59. The highest BCUT2D eigenvalue weighted by Crippen LogP contribution is 2.38. The van der Waals surface area contributed by atoms with Gasteiger partial charge in [-0.1, -0.05) is 34.9 Å². The highest BCUT2D eigenvalue weighted by molar-refractivity contribution is 6.30. The topological polar surface area (TPSA) is 117 Å². The Morgan fingerprint density at radius 3 is 2.83 bits per heavy atom. The number of nitrogens with two attached hydrogens (primary N) is 1. The largest absolute Gasteiger partial charge is 0.493 e. The zero-order chi connectivity index (χ0) is 21.3. The molecule has 0 bridgehead atoms. The summed E-state index contributed by atoms with van der Waals surface area (Å²) in [6.45, 7) is 2.08. The first-order chi connectivity index (χ1) is 14.5. The summed E-state index contributed by atoms with van der Waals surface area (Å²) in [5.41, 5.74) is 8.27. The molecule has 1 aliphatic heterocycles. The number of aromatic nitrogens is 4. The van der Waals surface area contributed by atoms with E-state index < -0.39 is 11.9 Å². The Labute approximate surface area is 177 Å². The van der Waals surface area contributed by atoms with Gasteiger partial charge in [-0.2, -0.15) is 4.68 Å². The van der Waals surface area contributed by atoms with Crippen LogP contribution in [0.1, 0.15) is 24.1 Å². The van der Waals surface area contributed by atoms with Gasteiger partial charge in [0.05, 0.1) is 12.7 Å². The molecule has 0 radical (unpaired) electrons. The molecule has 30 heavy (non-hydrogen) atoms. The molecule has 1 atom stereocenters. The van der Waals surface area contributed by atoms with Gasteiger partial charge >= 0.3 is 0 Å². The maximum atomic E-state index is 12.2. The Kier molecular flexibility index (Phi) is 5.28. The smallest absolute Gasteiger partial charge is 0.248 e. The summed E-state index contributed by atoms with van der Waals surface area (Å²) in [6, 6.07) is 12.2. The predicted molar refractivity (Wildman–Crippen MR) is 110 cm³/mol. The summed E-state index contributed by atoms with van der Waals surface area (Å²) in [6.07, 6.45) is 0. The minimum atomic E-state index is -0.593. The average Bonchev–Trinajstić information content (AvgIpc) is 3.19. The van der Waals surface area contributed by atoms with Crippen molar-refractivity contribution in [1.29, 1.82) is 0 Å². The van der Waals surface area contributed by atoms with Gasteiger partial charge < -0.3 is 20.5 Å². The first-order valence-electron chi connectivity index (χ1n) is 9.08. The SMILES string of the molecule is COc1cc(C2C(C(N)=O)=C(C)Nc3nnnn32)ccc1OCc1cccc(Cl)c1. The molecule has 0 spiro atoms. The molecule has 0 fully saturated rings. The van der Waals surface area contributed by atoms with E-state index in [4.69, 9.17) is 26.8 Å². The molecule has 154 valence electrons. The van der Waals surface area contributed by atoms with Crippen LogP contribution in [0.25, 0.3) is 0 Å². The lowest BCUT2D eigenvalue weighted by atomic mass is 9.95. The van der Waals surface area contributed by atoms with Crippen LogP contribution in [0.15, 0.2) is 53.7 Å². The van der Waals surface area contributed by atoms with Crippen LogP contribution in [-0.4, -0.2) is 33.2 Å². The van der Waals surface area contributed by atoms with Crippen molar-refractivity contribution < 1.29 is 14.3 Å². The first-order valence-corrected chi connectivity index (χ1v) is 9.46. The van der Waals surface area contributed by atoms with Crippen LogP contribution < -0.4 is 20.5 Å². The number of rotatable bonds is 6. The lowest BCUT2D eigenvalue weighted by Crippen LogP contribution is -2.31. The van der Waals surface area contributed by atoms with E-state index in [1.165, 1.54) is 4.68 Å². The summed E-state index contributed by atoms with van der Waals surface area (Å²) < 4.78 is 12.9. The van der Waals surface area contributed by atoms with E-state index >= 15 is 0 Å². The molecule has 1 aromatic heterocycles. The second kappa shape index (κ2) is 8.03. The third kappa shape index (κ3) is 3.67. The molecular formula is C20H19ClN6O3. The number of carbonyl (C=O) groups excluding carboxylic acids is 1. The molecule has 3 N–H and O–H groups in total. The number of fused-ring (bicyclic) bond motifs is 1. The number of nitrogens with one attached hydrogen (secondary N) is 1. The van der Waals surface area contributed by atoms with Crippen molar-refractivity contribution in [1.82, 2.24) is 20.2 Å². The normalized spacial score (nSPS) is 15.4. The molecule has 10 heteroatoms. The third-order valence-electron chi connectivity index (χ3n) is 4.77. The number of hydrogen-bond acceptors (Lipinski definition) is 7. The fraction of sp³-hybridized carbons (Fsp3) is 0.200. The van der Waals surface area contributed by atoms with Crippen LogP contribution in [0, 0.1) is 0 Å². The van der Waals surface area contributed by atoms with Gasteiger partial charge in [0.2, 0.25) is 11.9 Å². The maximum absolute atomic E-state index is 12.2. The number of carbonyl (C=O) groups is 1. The van der Waals surface area contributed by atoms with Crippen molar-refractivity contribution in [3.05, 3.63) is 69.9 Å². The number of hydrogen-bond donors (Lipinski definition) is 2. The molecule has 0 aliphatic carbocycles. The minimum Gasteiger partial charge on any atom is -0.493 e. The Morgan fingerprint density at radius 1 is 1.27 bits per heavy atom. The fourth-order valence-corrected chi connectivity index (χ4v) is 3.61. The monoisotopic (exact) mass is 426 g/mol. The second-order valence-electron chi connectivity index (χ2n) is 6.71. The first kappa shape index (κ1) is 19.7. The van der Waals surface area contributed by atoms with Crippen LogP contribution in [0.2, 0.25) is 5.02 Å². The molecule has 0 saturated heterocycles. The zero-order valence-corrected chi connectivity index (χ0v) is 17.1. The zero-order valence-electron chi connectivity index (χ0n) is 16.3. The Morgan fingerprint density at radius 2 is 2.10 bits per heavy atom. The van der Waals surface area contributed by atoms with E-state index in [0.29, 0.717) is 40.3 Å². The van der Waals surface area contributed by atoms with Crippen molar-refractivity contribution in [3.63, 3.8) is 0 Å². The number of amides is 1. The van der Waals surface area contributed by atoms with Crippen molar-refractivity contribution in [2.45, 2.75) is 19.6 Å². The molecule has 2 heterocycles. The molecule has 4 rings (SSSR count). The summed E-state index contributed by atoms with van der Waals surface area (Å²) in [4.78, 5) is 12.2. The number of benzene rings is 2. The van der Waals surface area contributed by atoms with E-state index in [9.17, 15) is 4.79 Å². The third-order valence-corrected chi connectivity index (χ3v) is 5.00. The summed E-state index contributed by atoms with van der Waals surface area (Å²) >= 11 is 6.03. The van der Waals surface area contributed by atoms with E-state index in [-0.39, 0.29) is 0 Å². The van der Waals surface area contributed by atoms with Crippen LogP contribution in [-0.2, 0) is 11.4 Å². The van der Waals surface area contributed by atoms with Gasteiger partial charge in [-0.05, 0) is 52.7 Å². The Balaban J connectivity index is 1.68. The number of nitrogens with zero attached hydrogens (tertiary/aromatic N) is 4. The van der Waals surface area contributed by atoms with Crippen LogP contribution in [0.4, 0.5) is 5.95 Å². The van der Waals surface area contributed by atoms with Crippen LogP contribution in [0.3, 0.4) is 0 Å². The standard InChI is InChI=1S/C20H19ClN6O3/c1-11-17(19(22)28)18(27-20(23-11)24-25-26-27)13-6-7-15(16(9-13)29-2)30-10-12-4-3-5-14(21)8-12/h3-9,18H,10H2,1-2H3,(H2,22,28)(H,23,24,26). The molecule has 1 aliphatic rings. The van der Waals surface area contributed by atoms with Crippen molar-refractivity contribution in [3.8, 4) is 11.5 Å². The number of tetrazole rings is 1. The van der Waals surface area contributed by atoms with E-state index in [0.717, 1.165) is 11.1 Å². The molecule has 3 aromatic rings. The van der Waals surface area contributed by atoms with Gasteiger partial charge in [-0.3, -0.25) is 4.79 Å². The van der Waals surface area contributed by atoms with Crippen molar-refractivity contribution in [2.75, 3.05) is 12.4 Å². The lowest BCUT2D eigenvalue weighted by molar-refractivity contribution is -0.115. The molecule has 0 saturated carbocycles. The van der Waals surface area contributed by atoms with E-state index in [1.807, 2.05) is 24.3 Å². The van der Waals surface area contributed by atoms with E-state index in [1.54, 1.807) is 32.2 Å². The molecule has 2 aromatic carbocycles. The van der Waals surface area contributed by atoms with E-state index in [2.05, 4.69) is 20.8 Å². The number of allylic oxidation sites excluding steroid dienone is 1. The van der Waals surface area contributed by atoms with Gasteiger partial charge in [0.1, 0.15) is 12.6 Å². The molecule has 9 nitrogen and oxygen atoms in total. The number of anilines is 1. The quantitative estimate of drug-likeness (QED) is 0.622. The van der Waals surface area contributed by atoms with Crippen LogP contribution >= 0.6 is 11.6 Å². The van der Waals surface area contributed by atoms with Gasteiger partial charge in [0.15, 0.2) is 11.5 Å². The number of halogens is 1. The predicted octanol–water partition coefficient (Wildman–Crippen LogP) is 2.69. The Bertz CT molecular complexity index is 1140. The molecule has 1 amide bonds. The second-order valence-corrected chi connectivity index (χ2v) is 7.14. The highest BCUT2D eigenvalue weighted by Gasteiger charge is 2.33. The summed E-state index contributed by atoms with van der Waals surface area (Å²) in [5, 5.41) is 15.3. The lowest BCUT2D eigenvalue weighted by Gasteiger charge is -2.27. The van der Waals surface area contributed by atoms with Crippen LogP contribution in [0.5, 0.6) is 11.5 Å². The summed E-state index contributed by atoms with van der Waals surface area (Å²) in [7, 11) is 1.55. The van der Waals surface area contributed by atoms with Crippen molar-refractivity contribution >= 4 is 23.5 Å². The minimum absolute atomic E-state index is 0.326. The molecule has 1 unspecified atom stereocenters. The molecular weight excluding hydrogens is 408 g/mol. The number of methoxy groups -OCH3 is 1. The highest BCUT2D eigenvalue weighted by atomic mass is 35.5. The van der Waals surface area contributed by atoms with Crippen molar-refractivity contribution in [2.24, 2.45) is 5.73 Å². The van der Waals surface area contributed by atoms with Gasteiger partial charge in [0.25, 0.3) is 0 Å². The fourth-order valence-electron chi connectivity index (χ4n) is 3.40. The summed E-state index contributed by atoms with van der Waals surface area (Å²) in [5.74, 6) is 0.909. The van der Waals surface area contributed by atoms with Gasteiger partial charge in [0, 0.05) is 10.7 Å².